The zero-order valence-corrected chi connectivity index (χ0v) is 8.78. The van der Waals surface area contributed by atoms with Crippen molar-refractivity contribution in [3.05, 3.63) is 0 Å². The fourth-order valence-electron chi connectivity index (χ4n) is 3.55. The quantitative estimate of drug-likeness (QED) is 0.551. The van der Waals surface area contributed by atoms with Gasteiger partial charge >= 0.3 is 0 Å². The highest BCUT2D eigenvalue weighted by atomic mass is 16.1. The number of carbonyl (C=O) groups excluding carboxylic acids is 1. The molecular formula is C11H18N2O. The Hall–Kier alpha value is -0.410. The summed E-state index contributed by atoms with van der Waals surface area (Å²) >= 11 is 0. The smallest absolute Gasteiger partial charge is 0.144 e. The molecule has 3 nitrogen and oxygen atoms in total. The number of rotatable bonds is 0. The highest BCUT2D eigenvalue weighted by Gasteiger charge is 2.47. The third-order valence-electron chi connectivity index (χ3n) is 4.14. The van der Waals surface area contributed by atoms with Crippen molar-refractivity contribution in [3.8, 4) is 0 Å². The molecule has 0 radical (unpaired) electrons. The minimum absolute atomic E-state index is 0.313. The first-order valence-electron chi connectivity index (χ1n) is 5.72. The SMILES string of the molecule is CN1CC2CN3CCC[C@H]3[C@H](C1)C2=O. The zero-order valence-electron chi connectivity index (χ0n) is 8.78. The van der Waals surface area contributed by atoms with Gasteiger partial charge < -0.3 is 4.90 Å². The molecule has 0 aromatic heterocycles. The first-order chi connectivity index (χ1) is 6.75. The van der Waals surface area contributed by atoms with Crippen molar-refractivity contribution in [1.29, 1.82) is 0 Å². The monoisotopic (exact) mass is 194 g/mol. The Labute approximate surface area is 85.1 Å². The molecular weight excluding hydrogens is 176 g/mol. The Morgan fingerprint density at radius 2 is 2.14 bits per heavy atom. The van der Waals surface area contributed by atoms with E-state index in [2.05, 4.69) is 16.8 Å². The third-order valence-corrected chi connectivity index (χ3v) is 4.14. The third kappa shape index (κ3) is 1.15. The molecule has 0 spiro atoms. The number of carbonyl (C=O) groups is 1. The highest BCUT2D eigenvalue weighted by molar-refractivity contribution is 5.86. The van der Waals surface area contributed by atoms with E-state index >= 15 is 0 Å². The van der Waals surface area contributed by atoms with E-state index < -0.39 is 0 Å². The minimum Gasteiger partial charge on any atom is -0.305 e. The Morgan fingerprint density at radius 3 is 3.00 bits per heavy atom. The number of fused-ring (bicyclic) bond motifs is 4. The van der Waals surface area contributed by atoms with Gasteiger partial charge in [0.1, 0.15) is 5.78 Å². The highest BCUT2D eigenvalue weighted by Crippen LogP contribution is 2.35. The summed E-state index contributed by atoms with van der Waals surface area (Å²) in [5.41, 5.74) is 0. The summed E-state index contributed by atoms with van der Waals surface area (Å²) in [7, 11) is 2.15. The number of Topliss-reactive ketones (excluding diaryl/α,β-unsaturated/α-hetero) is 1. The van der Waals surface area contributed by atoms with Gasteiger partial charge in [-0.1, -0.05) is 0 Å². The molecule has 14 heavy (non-hydrogen) atoms. The Bertz CT molecular complexity index is 266. The first kappa shape index (κ1) is 8.86. The maximum Gasteiger partial charge on any atom is 0.144 e. The Kier molecular flexibility index (Phi) is 1.92. The molecule has 3 heteroatoms. The van der Waals surface area contributed by atoms with E-state index in [1.54, 1.807) is 0 Å². The van der Waals surface area contributed by atoms with Crippen LogP contribution in [0.25, 0.3) is 0 Å². The van der Waals surface area contributed by atoms with E-state index in [0.717, 1.165) is 19.6 Å². The minimum atomic E-state index is 0.313. The molecule has 0 aromatic rings. The molecule has 3 aliphatic rings. The van der Waals surface area contributed by atoms with Crippen LogP contribution in [0.4, 0.5) is 0 Å². The van der Waals surface area contributed by atoms with Gasteiger partial charge in [-0.05, 0) is 26.4 Å². The van der Waals surface area contributed by atoms with Crippen LogP contribution in [0.5, 0.6) is 0 Å². The molecule has 0 saturated carbocycles. The van der Waals surface area contributed by atoms with Gasteiger partial charge in [0.05, 0.1) is 0 Å². The molecule has 3 saturated heterocycles. The van der Waals surface area contributed by atoms with Crippen LogP contribution < -0.4 is 0 Å². The molecule has 3 fully saturated rings. The van der Waals surface area contributed by atoms with Crippen LogP contribution in [0.2, 0.25) is 0 Å². The lowest BCUT2D eigenvalue weighted by Crippen LogP contribution is -2.60. The van der Waals surface area contributed by atoms with Gasteiger partial charge in [-0.2, -0.15) is 0 Å². The molecule has 3 rings (SSSR count). The Balaban J connectivity index is 1.88. The normalized spacial score (nSPS) is 44.1. The second-order valence-corrected chi connectivity index (χ2v) is 5.13. The lowest BCUT2D eigenvalue weighted by atomic mass is 9.78. The van der Waals surface area contributed by atoms with Gasteiger partial charge in [-0.3, -0.25) is 9.69 Å². The molecule has 3 heterocycles. The van der Waals surface area contributed by atoms with Crippen LogP contribution in [-0.4, -0.2) is 54.9 Å². The van der Waals surface area contributed by atoms with Gasteiger partial charge in [0.2, 0.25) is 0 Å². The van der Waals surface area contributed by atoms with Crippen molar-refractivity contribution in [3.63, 3.8) is 0 Å². The van der Waals surface area contributed by atoms with Gasteiger partial charge in [0.15, 0.2) is 0 Å². The lowest BCUT2D eigenvalue weighted by molar-refractivity contribution is -0.139. The van der Waals surface area contributed by atoms with Crippen molar-refractivity contribution in [2.75, 3.05) is 33.2 Å². The van der Waals surface area contributed by atoms with E-state index in [0.29, 0.717) is 23.7 Å². The summed E-state index contributed by atoms with van der Waals surface area (Å²) in [6, 6.07) is 0.585. The maximum atomic E-state index is 12.0. The van der Waals surface area contributed by atoms with E-state index in [9.17, 15) is 4.79 Å². The standard InChI is InChI=1S/C11H18N2O/c1-12-5-8-6-13-4-2-3-10(13)9(7-12)11(8)14/h8-10H,2-7H2,1H3/t8?,9-,10-/m0/s1. The first-order valence-corrected chi connectivity index (χ1v) is 5.72. The van der Waals surface area contributed by atoms with Gasteiger partial charge in [0, 0.05) is 37.5 Å². The molecule has 0 N–H and O–H groups in total. The maximum absolute atomic E-state index is 12.0. The average molecular weight is 194 g/mol. The lowest BCUT2D eigenvalue weighted by Gasteiger charge is -2.46. The van der Waals surface area contributed by atoms with Crippen molar-refractivity contribution in [1.82, 2.24) is 9.80 Å². The van der Waals surface area contributed by atoms with Crippen LogP contribution >= 0.6 is 0 Å². The van der Waals surface area contributed by atoms with Crippen LogP contribution in [0.1, 0.15) is 12.8 Å². The number of piperidine rings is 2. The predicted octanol–water partition coefficient (Wildman–Crippen LogP) is 0.211. The molecule has 0 aromatic carbocycles. The molecule has 0 amide bonds. The van der Waals surface area contributed by atoms with Gasteiger partial charge in [-0.15, -0.1) is 0 Å². The number of hydrogen-bond donors (Lipinski definition) is 0. The number of hydrogen-bond acceptors (Lipinski definition) is 3. The summed E-state index contributed by atoms with van der Waals surface area (Å²) in [5, 5.41) is 0. The second kappa shape index (κ2) is 3.04. The molecule has 3 atom stereocenters. The van der Waals surface area contributed by atoms with Crippen LogP contribution in [0.15, 0.2) is 0 Å². The Morgan fingerprint density at radius 1 is 1.29 bits per heavy atom. The van der Waals surface area contributed by atoms with E-state index in [1.165, 1.54) is 19.4 Å². The summed E-state index contributed by atoms with van der Waals surface area (Å²) in [6.07, 6.45) is 2.54. The molecule has 78 valence electrons. The van der Waals surface area contributed by atoms with Crippen molar-refractivity contribution < 1.29 is 4.79 Å². The molecule has 2 bridgehead atoms. The largest absolute Gasteiger partial charge is 0.305 e. The molecule has 3 aliphatic heterocycles. The van der Waals surface area contributed by atoms with E-state index in [1.807, 2.05) is 0 Å². The van der Waals surface area contributed by atoms with Crippen molar-refractivity contribution >= 4 is 5.78 Å². The predicted molar refractivity (Wildman–Crippen MR) is 54.1 cm³/mol. The fraction of sp³-hybridized carbons (Fsp3) is 0.909. The average Bonchev–Trinajstić information content (AvgIpc) is 2.56. The fourth-order valence-corrected chi connectivity index (χ4v) is 3.55. The zero-order chi connectivity index (χ0) is 9.71. The number of nitrogens with zero attached hydrogens (tertiary/aromatic N) is 2. The van der Waals surface area contributed by atoms with E-state index in [4.69, 9.17) is 0 Å². The summed E-state index contributed by atoms with van der Waals surface area (Å²) in [5.74, 6) is 1.20. The number of ketones is 1. The topological polar surface area (TPSA) is 23.6 Å². The van der Waals surface area contributed by atoms with E-state index in [-0.39, 0.29) is 0 Å². The second-order valence-electron chi connectivity index (χ2n) is 5.13. The van der Waals surface area contributed by atoms with Crippen LogP contribution in [-0.2, 0) is 4.79 Å². The van der Waals surface area contributed by atoms with Crippen molar-refractivity contribution in [2.24, 2.45) is 11.8 Å². The summed E-state index contributed by atoms with van der Waals surface area (Å²) in [6.45, 7) is 4.24. The van der Waals surface area contributed by atoms with Crippen LogP contribution in [0, 0.1) is 11.8 Å². The van der Waals surface area contributed by atoms with Crippen molar-refractivity contribution in [2.45, 2.75) is 18.9 Å². The summed E-state index contributed by atoms with van der Waals surface area (Å²) in [4.78, 5) is 16.9. The van der Waals surface area contributed by atoms with Crippen LogP contribution in [0.3, 0.4) is 0 Å². The van der Waals surface area contributed by atoms with Gasteiger partial charge in [0.25, 0.3) is 0 Å². The number of likely N-dealkylation sites (tertiary alicyclic amines) is 1. The summed E-state index contributed by atoms with van der Waals surface area (Å²) < 4.78 is 0. The molecule has 1 unspecified atom stereocenters. The van der Waals surface area contributed by atoms with Gasteiger partial charge in [-0.25, -0.2) is 0 Å². The molecule has 0 aliphatic carbocycles.